The van der Waals surface area contributed by atoms with E-state index in [1.807, 2.05) is 51.2 Å². The zero-order valence-corrected chi connectivity index (χ0v) is 15.2. The molecule has 0 fully saturated rings. The second kappa shape index (κ2) is 7.18. The van der Waals surface area contributed by atoms with Gasteiger partial charge in [0.2, 0.25) is 5.91 Å². The van der Waals surface area contributed by atoms with Gasteiger partial charge in [-0.25, -0.2) is 0 Å². The average Bonchev–Trinajstić information content (AvgIpc) is 2.72. The second-order valence-corrected chi connectivity index (χ2v) is 7.00. The van der Waals surface area contributed by atoms with E-state index >= 15 is 0 Å². The van der Waals surface area contributed by atoms with Gasteiger partial charge >= 0.3 is 0 Å². The van der Waals surface area contributed by atoms with Crippen molar-refractivity contribution in [2.45, 2.75) is 46.3 Å². The van der Waals surface area contributed by atoms with Crippen LogP contribution in [0.3, 0.4) is 0 Å². The lowest BCUT2D eigenvalue weighted by Gasteiger charge is -2.29. The molecule has 0 aliphatic rings. The summed E-state index contributed by atoms with van der Waals surface area (Å²) in [5, 5.41) is 14.6. The minimum absolute atomic E-state index is 0.000165. The van der Waals surface area contributed by atoms with E-state index in [0.29, 0.717) is 19.5 Å². The predicted molar refractivity (Wildman–Crippen MR) is 94.5 cm³/mol. The molecule has 0 saturated heterocycles. The van der Waals surface area contributed by atoms with Crippen LogP contribution in [0.4, 0.5) is 0 Å². The van der Waals surface area contributed by atoms with Gasteiger partial charge in [0, 0.05) is 31.4 Å². The molecular formula is C19H27N3O2. The molecule has 2 aromatic rings. The number of carbonyl (C=O) groups excluding carboxylic acids is 1. The summed E-state index contributed by atoms with van der Waals surface area (Å²) in [6.45, 7) is 8.12. The number of amides is 1. The third-order valence-corrected chi connectivity index (χ3v) is 4.13. The van der Waals surface area contributed by atoms with E-state index in [1.54, 1.807) is 23.4 Å². The van der Waals surface area contributed by atoms with E-state index < -0.39 is 5.60 Å². The highest BCUT2D eigenvalue weighted by Crippen LogP contribution is 2.17. The van der Waals surface area contributed by atoms with Gasteiger partial charge < -0.3 is 10.0 Å². The van der Waals surface area contributed by atoms with Crippen LogP contribution >= 0.6 is 0 Å². The average molecular weight is 329 g/mol. The molecule has 1 N–H and O–H groups in total. The molecule has 5 heteroatoms. The Morgan fingerprint density at radius 2 is 1.88 bits per heavy atom. The minimum atomic E-state index is -0.941. The molecule has 1 heterocycles. The highest BCUT2D eigenvalue weighted by molar-refractivity contribution is 5.79. The summed E-state index contributed by atoms with van der Waals surface area (Å²) in [7, 11) is 1.88. The number of rotatable bonds is 6. The van der Waals surface area contributed by atoms with Crippen LogP contribution in [0.2, 0.25) is 0 Å². The first kappa shape index (κ1) is 18.2. The summed E-state index contributed by atoms with van der Waals surface area (Å²) in [6, 6.07) is 9.85. The molecule has 0 atom stereocenters. The first-order valence-corrected chi connectivity index (χ1v) is 8.20. The van der Waals surface area contributed by atoms with Crippen molar-refractivity contribution >= 4 is 5.91 Å². The number of aryl methyl sites for hydroxylation is 2. The summed E-state index contributed by atoms with van der Waals surface area (Å²) < 4.78 is 1.80. The van der Waals surface area contributed by atoms with Crippen LogP contribution in [0.15, 0.2) is 30.3 Å². The summed E-state index contributed by atoms with van der Waals surface area (Å²) in [5.41, 5.74) is 2.96. The van der Waals surface area contributed by atoms with Gasteiger partial charge in [0.25, 0.3) is 0 Å². The van der Waals surface area contributed by atoms with Gasteiger partial charge in [0.05, 0.1) is 17.7 Å². The van der Waals surface area contributed by atoms with Crippen LogP contribution in [-0.2, 0) is 24.8 Å². The van der Waals surface area contributed by atoms with Crippen molar-refractivity contribution in [1.29, 1.82) is 0 Å². The maximum absolute atomic E-state index is 12.9. The molecule has 0 spiro atoms. The number of hydrogen-bond donors (Lipinski definition) is 1. The molecule has 0 aliphatic carbocycles. The molecule has 24 heavy (non-hydrogen) atoms. The molecule has 0 aliphatic heterocycles. The molecule has 130 valence electrons. The third kappa shape index (κ3) is 4.68. The van der Waals surface area contributed by atoms with Gasteiger partial charge in [0.1, 0.15) is 0 Å². The van der Waals surface area contributed by atoms with Gasteiger partial charge in [-0.2, -0.15) is 5.10 Å². The molecule has 0 radical (unpaired) electrons. The van der Waals surface area contributed by atoms with E-state index in [-0.39, 0.29) is 5.91 Å². The monoisotopic (exact) mass is 329 g/mol. The van der Waals surface area contributed by atoms with E-state index in [9.17, 15) is 9.90 Å². The zero-order valence-electron chi connectivity index (χ0n) is 15.2. The maximum atomic E-state index is 12.9. The van der Waals surface area contributed by atoms with Gasteiger partial charge in [-0.05, 0) is 33.3 Å². The third-order valence-electron chi connectivity index (χ3n) is 4.13. The lowest BCUT2D eigenvalue weighted by atomic mass is 10.1. The van der Waals surface area contributed by atoms with Crippen molar-refractivity contribution in [3.63, 3.8) is 0 Å². The van der Waals surface area contributed by atoms with Crippen molar-refractivity contribution < 1.29 is 9.90 Å². The summed E-state index contributed by atoms with van der Waals surface area (Å²) in [6.07, 6.45) is 0.300. The van der Waals surface area contributed by atoms with E-state index in [4.69, 9.17) is 0 Å². The topological polar surface area (TPSA) is 58.4 Å². The molecular weight excluding hydrogens is 302 g/mol. The van der Waals surface area contributed by atoms with Crippen LogP contribution in [0, 0.1) is 13.8 Å². The fraction of sp³-hybridized carbons (Fsp3) is 0.474. The molecule has 0 unspecified atom stereocenters. The first-order valence-electron chi connectivity index (χ1n) is 8.20. The first-order chi connectivity index (χ1) is 11.2. The molecule has 1 amide bonds. The fourth-order valence-corrected chi connectivity index (χ4v) is 2.84. The Hall–Kier alpha value is -2.14. The number of aromatic nitrogens is 2. The van der Waals surface area contributed by atoms with Gasteiger partial charge in [-0.3, -0.25) is 9.48 Å². The Morgan fingerprint density at radius 3 is 2.38 bits per heavy atom. The van der Waals surface area contributed by atoms with Crippen molar-refractivity contribution in [3.8, 4) is 0 Å². The number of hydrogen-bond acceptors (Lipinski definition) is 3. The SMILES string of the molecule is Cc1nn(C)c(C)c1CC(=O)N(Cc1ccccc1)CC(C)(C)O. The lowest BCUT2D eigenvalue weighted by Crippen LogP contribution is -2.42. The Kier molecular flexibility index (Phi) is 5.44. The number of carbonyl (C=O) groups is 1. The predicted octanol–water partition coefficient (Wildman–Crippen LogP) is 2.38. The molecule has 0 bridgehead atoms. The Balaban J connectivity index is 2.20. The van der Waals surface area contributed by atoms with Gasteiger partial charge in [0.15, 0.2) is 0 Å². The summed E-state index contributed by atoms with van der Waals surface area (Å²) in [4.78, 5) is 14.6. The minimum Gasteiger partial charge on any atom is -0.389 e. The number of benzene rings is 1. The van der Waals surface area contributed by atoms with Gasteiger partial charge in [-0.15, -0.1) is 0 Å². The highest BCUT2D eigenvalue weighted by Gasteiger charge is 2.24. The van der Waals surface area contributed by atoms with Crippen molar-refractivity contribution in [3.05, 3.63) is 52.8 Å². The quantitative estimate of drug-likeness (QED) is 0.885. The largest absolute Gasteiger partial charge is 0.389 e. The van der Waals surface area contributed by atoms with Gasteiger partial charge in [-0.1, -0.05) is 30.3 Å². The maximum Gasteiger partial charge on any atom is 0.227 e. The number of aliphatic hydroxyl groups is 1. The van der Waals surface area contributed by atoms with E-state index in [0.717, 1.165) is 22.5 Å². The van der Waals surface area contributed by atoms with Crippen LogP contribution in [0.5, 0.6) is 0 Å². The molecule has 1 aromatic carbocycles. The Morgan fingerprint density at radius 1 is 1.25 bits per heavy atom. The summed E-state index contributed by atoms with van der Waals surface area (Å²) >= 11 is 0. The van der Waals surface area contributed by atoms with Crippen LogP contribution < -0.4 is 0 Å². The van der Waals surface area contributed by atoms with Crippen molar-refractivity contribution in [1.82, 2.24) is 14.7 Å². The standard InChI is InChI=1S/C19H27N3O2/c1-14-17(15(2)21(5)20-14)11-18(23)22(13-19(3,4)24)12-16-9-7-6-8-10-16/h6-10,24H,11-13H2,1-5H3. The Labute approximate surface area is 143 Å². The second-order valence-electron chi connectivity index (χ2n) is 7.00. The lowest BCUT2D eigenvalue weighted by molar-refractivity contribution is -0.134. The van der Waals surface area contributed by atoms with Crippen molar-refractivity contribution in [2.24, 2.45) is 7.05 Å². The molecule has 0 saturated carbocycles. The van der Waals surface area contributed by atoms with Crippen LogP contribution in [-0.4, -0.2) is 37.8 Å². The Bertz CT molecular complexity index is 699. The smallest absolute Gasteiger partial charge is 0.227 e. The zero-order chi connectivity index (χ0) is 17.9. The van der Waals surface area contributed by atoms with Crippen LogP contribution in [0.25, 0.3) is 0 Å². The molecule has 5 nitrogen and oxygen atoms in total. The van der Waals surface area contributed by atoms with Crippen LogP contribution in [0.1, 0.15) is 36.4 Å². The summed E-state index contributed by atoms with van der Waals surface area (Å²) in [5.74, 6) is 0.000165. The molecule has 1 aromatic heterocycles. The van der Waals surface area contributed by atoms with E-state index in [2.05, 4.69) is 5.10 Å². The van der Waals surface area contributed by atoms with E-state index in [1.165, 1.54) is 0 Å². The normalized spacial score (nSPS) is 11.6. The van der Waals surface area contributed by atoms with Crippen molar-refractivity contribution in [2.75, 3.05) is 6.54 Å². The highest BCUT2D eigenvalue weighted by atomic mass is 16.3. The number of nitrogens with zero attached hydrogens (tertiary/aromatic N) is 3. The fourth-order valence-electron chi connectivity index (χ4n) is 2.84. The molecule has 2 rings (SSSR count).